The summed E-state index contributed by atoms with van der Waals surface area (Å²) in [5, 5.41) is 3.11. The van der Waals surface area contributed by atoms with Crippen LogP contribution in [0.2, 0.25) is 0 Å². The molecule has 3 aromatic rings. The van der Waals surface area contributed by atoms with Crippen molar-refractivity contribution in [3.8, 4) is 0 Å². The summed E-state index contributed by atoms with van der Waals surface area (Å²) in [7, 11) is 0. The van der Waals surface area contributed by atoms with Gasteiger partial charge in [0.15, 0.2) is 5.13 Å². The third-order valence-electron chi connectivity index (χ3n) is 4.29. The third-order valence-corrected chi connectivity index (χ3v) is 5.22. The van der Waals surface area contributed by atoms with Crippen LogP contribution in [0, 0.1) is 0 Å². The number of nitrogens with one attached hydrogen (secondary N) is 1. The van der Waals surface area contributed by atoms with Crippen LogP contribution in [0.25, 0.3) is 10.2 Å². The van der Waals surface area contributed by atoms with Crippen LogP contribution in [-0.4, -0.2) is 10.9 Å². The summed E-state index contributed by atoms with van der Waals surface area (Å²) in [6.45, 7) is 8.22. The van der Waals surface area contributed by atoms with Crippen LogP contribution >= 0.6 is 11.3 Å². The number of aromatic nitrogens is 1. The van der Waals surface area contributed by atoms with Crippen molar-refractivity contribution in [3.63, 3.8) is 0 Å². The number of nitrogens with zero attached hydrogens (tertiary/aromatic N) is 1. The maximum absolute atomic E-state index is 12.6. The average Bonchev–Trinajstić information content (AvgIpc) is 3.10. The number of benzene rings is 2. The topological polar surface area (TPSA) is 42.0 Å². The molecule has 0 saturated carbocycles. The quantitative estimate of drug-likeness (QED) is 0.500. The normalized spacial score (nSPS) is 12.2. The molecule has 28 heavy (non-hydrogen) atoms. The van der Waals surface area contributed by atoms with Gasteiger partial charge in [-0.2, -0.15) is 13.2 Å². The number of rotatable bonds is 4. The van der Waals surface area contributed by atoms with Gasteiger partial charge in [-0.05, 0) is 48.2 Å². The molecule has 0 bridgehead atoms. The minimum Gasteiger partial charge on any atom is -0.298 e. The van der Waals surface area contributed by atoms with Gasteiger partial charge in [0.05, 0.1) is 15.8 Å². The first kappa shape index (κ1) is 21.9. The summed E-state index contributed by atoms with van der Waals surface area (Å²) in [4.78, 5) is 16.8. The van der Waals surface area contributed by atoms with E-state index in [1.807, 2.05) is 32.0 Å². The van der Waals surface area contributed by atoms with Crippen molar-refractivity contribution in [2.75, 3.05) is 5.32 Å². The van der Waals surface area contributed by atoms with E-state index in [-0.39, 0.29) is 5.56 Å². The number of amides is 1. The van der Waals surface area contributed by atoms with Crippen molar-refractivity contribution in [2.24, 2.45) is 0 Å². The molecule has 0 radical (unpaired) electrons. The Bertz CT molecular complexity index is 933. The molecule has 0 aliphatic heterocycles. The lowest BCUT2D eigenvalue weighted by Crippen LogP contribution is -2.12. The van der Waals surface area contributed by atoms with Gasteiger partial charge in [0.1, 0.15) is 0 Å². The number of anilines is 1. The molecule has 0 aliphatic carbocycles. The molecule has 0 saturated heterocycles. The van der Waals surface area contributed by atoms with Gasteiger partial charge in [-0.15, -0.1) is 0 Å². The first-order valence-electron chi connectivity index (χ1n) is 9.17. The summed E-state index contributed by atoms with van der Waals surface area (Å²) in [5.41, 5.74) is 1.34. The lowest BCUT2D eigenvalue weighted by molar-refractivity contribution is -0.137. The Balaban J connectivity index is 0.00000136. The number of thiazole rings is 1. The summed E-state index contributed by atoms with van der Waals surface area (Å²) in [5.74, 6) is -0.137. The van der Waals surface area contributed by atoms with E-state index in [1.165, 1.54) is 11.3 Å². The molecular formula is C21H23F3N2OS. The number of alkyl halides is 3. The van der Waals surface area contributed by atoms with Crippen molar-refractivity contribution >= 4 is 32.6 Å². The van der Waals surface area contributed by atoms with Crippen molar-refractivity contribution in [1.29, 1.82) is 0 Å². The van der Waals surface area contributed by atoms with E-state index in [0.29, 0.717) is 11.0 Å². The smallest absolute Gasteiger partial charge is 0.298 e. The second-order valence-corrected chi connectivity index (χ2v) is 7.08. The highest BCUT2D eigenvalue weighted by Crippen LogP contribution is 2.33. The zero-order valence-corrected chi connectivity index (χ0v) is 17.0. The highest BCUT2D eigenvalue weighted by molar-refractivity contribution is 7.22. The maximum Gasteiger partial charge on any atom is 0.416 e. The summed E-state index contributed by atoms with van der Waals surface area (Å²) in [6, 6.07) is 10.0. The zero-order chi connectivity index (χ0) is 20.9. The number of carbonyl (C=O) groups excluding carboxylic acids is 1. The van der Waals surface area contributed by atoms with Gasteiger partial charge in [0.25, 0.3) is 5.91 Å². The highest BCUT2D eigenvalue weighted by Gasteiger charge is 2.30. The lowest BCUT2D eigenvalue weighted by atomic mass is 9.98. The molecule has 2 aromatic carbocycles. The summed E-state index contributed by atoms with van der Waals surface area (Å²) < 4.78 is 38.8. The number of fused-ring (bicyclic) bond motifs is 1. The fourth-order valence-electron chi connectivity index (χ4n) is 2.62. The second-order valence-electron chi connectivity index (χ2n) is 6.05. The first-order chi connectivity index (χ1) is 13.3. The molecule has 1 N–H and O–H groups in total. The van der Waals surface area contributed by atoms with Gasteiger partial charge in [-0.3, -0.25) is 10.1 Å². The fourth-order valence-corrected chi connectivity index (χ4v) is 3.52. The van der Waals surface area contributed by atoms with Gasteiger partial charge in [0.2, 0.25) is 0 Å². The molecule has 1 unspecified atom stereocenters. The molecule has 7 heteroatoms. The standard InChI is InChI=1S/C19H17F3N2OS.C2H6/c1-3-11(2)14-5-4-6-15-16(14)23-18(26-15)24-17(25)12-7-9-13(10-8-12)19(20,21)22;1-2/h4-11H,3H2,1-2H3,(H,23,24,25);1-2H3. The lowest BCUT2D eigenvalue weighted by Gasteiger charge is -2.08. The van der Waals surface area contributed by atoms with Crippen molar-refractivity contribution in [3.05, 3.63) is 59.2 Å². The van der Waals surface area contributed by atoms with E-state index >= 15 is 0 Å². The van der Waals surface area contributed by atoms with Gasteiger partial charge in [-0.1, -0.05) is 51.2 Å². The number of carbonyl (C=O) groups is 1. The van der Waals surface area contributed by atoms with Crippen LogP contribution in [0.3, 0.4) is 0 Å². The third kappa shape index (κ3) is 4.90. The van der Waals surface area contributed by atoms with Crippen LogP contribution < -0.4 is 5.32 Å². The second kappa shape index (κ2) is 9.19. The van der Waals surface area contributed by atoms with Crippen LogP contribution in [-0.2, 0) is 6.18 Å². The fraction of sp³-hybridized carbons (Fsp3) is 0.333. The molecule has 150 valence electrons. The van der Waals surface area contributed by atoms with Crippen LogP contribution in [0.5, 0.6) is 0 Å². The zero-order valence-electron chi connectivity index (χ0n) is 16.2. The van der Waals surface area contributed by atoms with E-state index in [1.54, 1.807) is 0 Å². The van der Waals surface area contributed by atoms with Gasteiger partial charge in [-0.25, -0.2) is 4.98 Å². The van der Waals surface area contributed by atoms with E-state index in [4.69, 9.17) is 0 Å². The van der Waals surface area contributed by atoms with Crippen molar-refractivity contribution < 1.29 is 18.0 Å². The highest BCUT2D eigenvalue weighted by atomic mass is 32.1. The Morgan fingerprint density at radius 3 is 2.36 bits per heavy atom. The number of hydrogen-bond donors (Lipinski definition) is 1. The number of halogens is 3. The monoisotopic (exact) mass is 408 g/mol. The average molecular weight is 408 g/mol. The molecule has 0 spiro atoms. The Morgan fingerprint density at radius 1 is 1.14 bits per heavy atom. The Kier molecular flexibility index (Phi) is 7.18. The Labute approximate surface area is 166 Å². The maximum atomic E-state index is 12.6. The number of hydrogen-bond acceptors (Lipinski definition) is 3. The molecule has 1 aromatic heterocycles. The van der Waals surface area contributed by atoms with Crippen LogP contribution in [0.1, 0.15) is 61.5 Å². The van der Waals surface area contributed by atoms with E-state index in [0.717, 1.165) is 46.5 Å². The van der Waals surface area contributed by atoms with Gasteiger partial charge >= 0.3 is 6.18 Å². The Hall–Kier alpha value is -2.41. The molecule has 1 atom stereocenters. The van der Waals surface area contributed by atoms with Crippen LogP contribution in [0.4, 0.5) is 18.3 Å². The minimum absolute atomic E-state index is 0.152. The molecule has 1 amide bonds. The predicted molar refractivity (Wildman–Crippen MR) is 109 cm³/mol. The van der Waals surface area contributed by atoms with Gasteiger partial charge in [0, 0.05) is 5.56 Å². The largest absolute Gasteiger partial charge is 0.416 e. The molecule has 0 fully saturated rings. The van der Waals surface area contributed by atoms with E-state index < -0.39 is 17.6 Å². The van der Waals surface area contributed by atoms with Gasteiger partial charge < -0.3 is 0 Å². The summed E-state index contributed by atoms with van der Waals surface area (Å²) >= 11 is 1.35. The van der Waals surface area contributed by atoms with Crippen LogP contribution in [0.15, 0.2) is 42.5 Å². The first-order valence-corrected chi connectivity index (χ1v) is 9.99. The molecule has 1 heterocycles. The number of para-hydroxylation sites is 1. The molecule has 3 rings (SSSR count). The predicted octanol–water partition coefficient (Wildman–Crippen LogP) is 7.11. The molecule has 0 aliphatic rings. The Morgan fingerprint density at radius 2 is 1.79 bits per heavy atom. The minimum atomic E-state index is -4.42. The van der Waals surface area contributed by atoms with Crippen molar-refractivity contribution in [2.45, 2.75) is 46.2 Å². The van der Waals surface area contributed by atoms with E-state index in [9.17, 15) is 18.0 Å². The summed E-state index contributed by atoms with van der Waals surface area (Å²) in [6.07, 6.45) is -3.45. The van der Waals surface area contributed by atoms with E-state index in [2.05, 4.69) is 24.1 Å². The molecular weight excluding hydrogens is 385 g/mol. The van der Waals surface area contributed by atoms with Crippen molar-refractivity contribution in [1.82, 2.24) is 4.98 Å². The molecule has 3 nitrogen and oxygen atoms in total. The SMILES string of the molecule is CC.CCC(C)c1cccc2sc(NC(=O)c3ccc(C(F)(F)F)cc3)nc12.